The van der Waals surface area contributed by atoms with Gasteiger partial charge in [0, 0.05) is 16.3 Å². The van der Waals surface area contributed by atoms with Crippen molar-refractivity contribution in [1.82, 2.24) is 10.2 Å². The summed E-state index contributed by atoms with van der Waals surface area (Å²) < 4.78 is 39.5. The van der Waals surface area contributed by atoms with E-state index in [0.29, 0.717) is 11.1 Å². The van der Waals surface area contributed by atoms with E-state index in [1.807, 2.05) is 12.1 Å². The van der Waals surface area contributed by atoms with Gasteiger partial charge in [0.05, 0.1) is 11.3 Å². The lowest BCUT2D eigenvalue weighted by Gasteiger charge is -2.13. The molecule has 2 nitrogen and oxygen atoms in total. The first kappa shape index (κ1) is 13.5. The Bertz CT molecular complexity index is 810. The number of benzene rings is 2. The second-order valence-corrected chi connectivity index (χ2v) is 4.72. The highest BCUT2D eigenvalue weighted by Gasteiger charge is 2.34. The molecule has 106 valence electrons. The number of aryl methyl sites for hydroxylation is 1. The number of rotatable bonds is 1. The molecule has 0 aliphatic heterocycles. The second-order valence-electron chi connectivity index (χ2n) is 4.72. The van der Waals surface area contributed by atoms with Crippen LogP contribution in [0.5, 0.6) is 0 Å². The van der Waals surface area contributed by atoms with E-state index in [1.54, 1.807) is 25.1 Å². The number of fused-ring (bicyclic) bond motifs is 1. The van der Waals surface area contributed by atoms with Crippen molar-refractivity contribution >= 4 is 10.8 Å². The van der Waals surface area contributed by atoms with Gasteiger partial charge in [-0.2, -0.15) is 18.3 Å². The fourth-order valence-corrected chi connectivity index (χ4v) is 2.37. The summed E-state index contributed by atoms with van der Waals surface area (Å²) in [6, 6.07) is 12.6. The van der Waals surface area contributed by atoms with Crippen molar-refractivity contribution in [2.45, 2.75) is 13.1 Å². The first-order chi connectivity index (χ1) is 9.98. The predicted octanol–water partition coefficient (Wildman–Crippen LogP) is 4.62. The van der Waals surface area contributed by atoms with Crippen LogP contribution in [0, 0.1) is 6.92 Å². The van der Waals surface area contributed by atoms with E-state index in [9.17, 15) is 13.2 Å². The predicted molar refractivity (Wildman–Crippen MR) is 74.7 cm³/mol. The topological polar surface area (TPSA) is 25.8 Å². The number of hydrogen-bond acceptors (Lipinski definition) is 2. The van der Waals surface area contributed by atoms with Gasteiger partial charge in [-0.25, -0.2) is 0 Å². The molecule has 0 saturated heterocycles. The van der Waals surface area contributed by atoms with Crippen LogP contribution < -0.4 is 0 Å². The Morgan fingerprint density at radius 3 is 2.14 bits per heavy atom. The van der Waals surface area contributed by atoms with Gasteiger partial charge in [-0.3, -0.25) is 0 Å². The molecule has 0 amide bonds. The van der Waals surface area contributed by atoms with Gasteiger partial charge in [0.2, 0.25) is 0 Å². The third-order valence-electron chi connectivity index (χ3n) is 3.36. The Balaban J connectivity index is 2.35. The molecular formula is C16H11F3N2. The summed E-state index contributed by atoms with van der Waals surface area (Å²) in [6.45, 7) is 1.79. The highest BCUT2D eigenvalue weighted by Crippen LogP contribution is 2.38. The van der Waals surface area contributed by atoms with Crippen molar-refractivity contribution in [3.05, 3.63) is 59.8 Å². The van der Waals surface area contributed by atoms with Crippen LogP contribution in [0.2, 0.25) is 0 Å². The summed E-state index contributed by atoms with van der Waals surface area (Å²) in [4.78, 5) is 0. The highest BCUT2D eigenvalue weighted by molar-refractivity contribution is 5.96. The number of nitrogens with zero attached hydrogens (tertiary/aromatic N) is 2. The summed E-state index contributed by atoms with van der Waals surface area (Å²) >= 11 is 0. The molecule has 0 atom stereocenters. The maximum absolute atomic E-state index is 13.2. The first-order valence-electron chi connectivity index (χ1n) is 6.37. The molecule has 2 aromatic carbocycles. The number of hydrogen-bond donors (Lipinski definition) is 0. The molecule has 3 aromatic rings. The largest absolute Gasteiger partial charge is 0.417 e. The average Bonchev–Trinajstić information content (AvgIpc) is 2.47. The lowest BCUT2D eigenvalue weighted by atomic mass is 9.99. The molecule has 0 N–H and O–H groups in total. The molecule has 0 spiro atoms. The molecular weight excluding hydrogens is 277 g/mol. The minimum atomic E-state index is -4.43. The molecule has 0 aliphatic rings. The summed E-state index contributed by atoms with van der Waals surface area (Å²) in [6.07, 6.45) is -4.43. The molecule has 0 unspecified atom stereocenters. The van der Waals surface area contributed by atoms with Crippen molar-refractivity contribution < 1.29 is 13.2 Å². The van der Waals surface area contributed by atoms with E-state index in [1.165, 1.54) is 12.1 Å². The van der Waals surface area contributed by atoms with E-state index in [-0.39, 0.29) is 11.3 Å². The zero-order valence-electron chi connectivity index (χ0n) is 11.1. The maximum Gasteiger partial charge on any atom is 0.417 e. The third-order valence-corrected chi connectivity index (χ3v) is 3.36. The standard InChI is InChI=1S/C16H11F3N2/c1-10-11-6-2-3-7-12(11)15(21-20-10)13-8-4-5-9-14(13)16(17,18)19/h2-9H,1H3. The summed E-state index contributed by atoms with van der Waals surface area (Å²) in [7, 11) is 0. The molecule has 0 bridgehead atoms. The number of aromatic nitrogens is 2. The molecule has 0 radical (unpaired) electrons. The van der Waals surface area contributed by atoms with Gasteiger partial charge >= 0.3 is 6.18 Å². The van der Waals surface area contributed by atoms with Crippen molar-refractivity contribution in [3.8, 4) is 11.3 Å². The van der Waals surface area contributed by atoms with Crippen molar-refractivity contribution in [1.29, 1.82) is 0 Å². The normalized spacial score (nSPS) is 11.8. The Hall–Kier alpha value is -2.43. The lowest BCUT2D eigenvalue weighted by molar-refractivity contribution is -0.137. The van der Waals surface area contributed by atoms with Gasteiger partial charge in [0.1, 0.15) is 5.69 Å². The van der Waals surface area contributed by atoms with E-state index in [2.05, 4.69) is 10.2 Å². The fourth-order valence-electron chi connectivity index (χ4n) is 2.37. The minimum Gasteiger partial charge on any atom is -0.166 e. The van der Waals surface area contributed by atoms with E-state index >= 15 is 0 Å². The van der Waals surface area contributed by atoms with Crippen LogP contribution >= 0.6 is 0 Å². The van der Waals surface area contributed by atoms with E-state index in [4.69, 9.17) is 0 Å². The van der Waals surface area contributed by atoms with Gasteiger partial charge in [-0.1, -0.05) is 42.5 Å². The minimum absolute atomic E-state index is 0.0497. The van der Waals surface area contributed by atoms with Gasteiger partial charge < -0.3 is 0 Å². The quantitative estimate of drug-likeness (QED) is 0.652. The van der Waals surface area contributed by atoms with Crippen LogP contribution in [0.1, 0.15) is 11.3 Å². The lowest BCUT2D eigenvalue weighted by Crippen LogP contribution is -2.08. The van der Waals surface area contributed by atoms with Crippen molar-refractivity contribution in [3.63, 3.8) is 0 Å². The summed E-state index contributed by atoms with van der Waals surface area (Å²) in [5.41, 5.74) is 0.296. The Morgan fingerprint density at radius 2 is 1.43 bits per heavy atom. The third kappa shape index (κ3) is 2.35. The molecule has 1 heterocycles. The molecule has 0 fully saturated rings. The number of alkyl halides is 3. The van der Waals surface area contributed by atoms with E-state index < -0.39 is 11.7 Å². The summed E-state index contributed by atoms with van der Waals surface area (Å²) in [5, 5.41) is 9.46. The fraction of sp³-hybridized carbons (Fsp3) is 0.125. The second kappa shape index (κ2) is 4.84. The van der Waals surface area contributed by atoms with Gasteiger partial charge in [-0.15, -0.1) is 5.10 Å². The molecule has 1 aromatic heterocycles. The van der Waals surface area contributed by atoms with Crippen LogP contribution in [-0.4, -0.2) is 10.2 Å². The van der Waals surface area contributed by atoms with E-state index in [0.717, 1.165) is 11.5 Å². The van der Waals surface area contributed by atoms with Crippen molar-refractivity contribution in [2.75, 3.05) is 0 Å². The Kier molecular flexibility index (Phi) is 3.12. The van der Waals surface area contributed by atoms with Crippen LogP contribution in [0.15, 0.2) is 48.5 Å². The molecule has 21 heavy (non-hydrogen) atoms. The maximum atomic E-state index is 13.2. The molecule has 3 rings (SSSR count). The van der Waals surface area contributed by atoms with Gasteiger partial charge in [-0.05, 0) is 13.0 Å². The SMILES string of the molecule is Cc1nnc(-c2ccccc2C(F)(F)F)c2ccccc12. The monoisotopic (exact) mass is 288 g/mol. The molecule has 0 aliphatic carbocycles. The zero-order valence-corrected chi connectivity index (χ0v) is 11.1. The van der Waals surface area contributed by atoms with Crippen LogP contribution in [-0.2, 0) is 6.18 Å². The Labute approximate surface area is 119 Å². The van der Waals surface area contributed by atoms with Gasteiger partial charge in [0.25, 0.3) is 0 Å². The molecule has 0 saturated carbocycles. The van der Waals surface area contributed by atoms with Crippen LogP contribution in [0.4, 0.5) is 13.2 Å². The van der Waals surface area contributed by atoms with Crippen molar-refractivity contribution in [2.24, 2.45) is 0 Å². The molecule has 5 heteroatoms. The smallest absolute Gasteiger partial charge is 0.166 e. The zero-order chi connectivity index (χ0) is 15.0. The number of halogens is 3. The van der Waals surface area contributed by atoms with Gasteiger partial charge in [0.15, 0.2) is 0 Å². The van der Waals surface area contributed by atoms with Crippen LogP contribution in [0.3, 0.4) is 0 Å². The Morgan fingerprint density at radius 1 is 0.810 bits per heavy atom. The average molecular weight is 288 g/mol. The van der Waals surface area contributed by atoms with Crippen LogP contribution in [0.25, 0.3) is 22.0 Å². The highest BCUT2D eigenvalue weighted by atomic mass is 19.4. The summed E-state index contributed by atoms with van der Waals surface area (Å²) in [5.74, 6) is 0. The first-order valence-corrected chi connectivity index (χ1v) is 6.37.